The Balaban J connectivity index is 1.50. The topological polar surface area (TPSA) is 99.8 Å². The van der Waals surface area contributed by atoms with Crippen molar-refractivity contribution >= 4 is 44.3 Å². The third-order valence-corrected chi connectivity index (χ3v) is 6.37. The average Bonchev–Trinajstić information content (AvgIpc) is 3.27. The molecule has 0 saturated carbocycles. The van der Waals surface area contributed by atoms with E-state index in [1.165, 1.54) is 11.3 Å². The summed E-state index contributed by atoms with van der Waals surface area (Å²) in [6.45, 7) is 10.00. The summed E-state index contributed by atoms with van der Waals surface area (Å²) in [5, 5.41) is 1.89. The Bertz CT molecular complexity index is 1310. The van der Waals surface area contributed by atoms with E-state index in [9.17, 15) is 9.59 Å². The smallest absolute Gasteiger partial charge is 0.280 e. The predicted molar refractivity (Wildman–Crippen MR) is 123 cm³/mol. The molecule has 0 saturated heterocycles. The van der Waals surface area contributed by atoms with E-state index in [1.54, 1.807) is 0 Å². The minimum atomic E-state index is -0.357. The van der Waals surface area contributed by atoms with Crippen molar-refractivity contribution < 1.29 is 9.59 Å². The highest BCUT2D eigenvalue weighted by atomic mass is 32.1. The van der Waals surface area contributed by atoms with E-state index >= 15 is 0 Å². The maximum atomic E-state index is 12.8. The van der Waals surface area contributed by atoms with Crippen molar-refractivity contribution in [1.82, 2.24) is 25.8 Å². The van der Waals surface area contributed by atoms with E-state index < -0.39 is 0 Å². The molecule has 31 heavy (non-hydrogen) atoms. The second-order valence-corrected chi connectivity index (χ2v) is 9.66. The quantitative estimate of drug-likeness (QED) is 0.422. The first-order valence-electron chi connectivity index (χ1n) is 10.1. The first-order chi connectivity index (χ1) is 14.6. The van der Waals surface area contributed by atoms with Gasteiger partial charge in [-0.3, -0.25) is 20.4 Å². The molecule has 0 unspecified atom stereocenters. The SMILES string of the molecule is Cc1nc(C(C)(C)C)nc2sc(C(=O)NNC(=O)Cc3c[nH]c4ccccc34)c(C)c12. The molecule has 4 rings (SSSR count). The van der Waals surface area contributed by atoms with Crippen LogP contribution in [0.2, 0.25) is 0 Å². The molecular weight excluding hydrogens is 410 g/mol. The van der Waals surface area contributed by atoms with Gasteiger partial charge in [0.1, 0.15) is 10.7 Å². The van der Waals surface area contributed by atoms with E-state index in [1.807, 2.05) is 44.3 Å². The average molecular weight is 436 g/mol. The van der Waals surface area contributed by atoms with Gasteiger partial charge in [0.15, 0.2) is 0 Å². The van der Waals surface area contributed by atoms with Gasteiger partial charge in [-0.1, -0.05) is 39.0 Å². The molecule has 160 valence electrons. The standard InChI is InChI=1S/C23H25N5O2S/c1-12-18-13(2)25-22(23(3,4)5)26-21(18)31-19(12)20(30)28-27-17(29)10-14-11-24-16-9-7-6-8-15(14)16/h6-9,11,24H,10H2,1-5H3,(H,27,29)(H,28,30). The molecule has 0 aliphatic rings. The van der Waals surface area contributed by atoms with Crippen LogP contribution in [-0.2, 0) is 16.6 Å². The fraction of sp³-hybridized carbons (Fsp3) is 0.304. The number of para-hydroxylation sites is 1. The van der Waals surface area contributed by atoms with Crippen LogP contribution in [0.3, 0.4) is 0 Å². The Morgan fingerprint density at radius 3 is 2.58 bits per heavy atom. The van der Waals surface area contributed by atoms with Crippen molar-refractivity contribution in [3.63, 3.8) is 0 Å². The molecule has 8 heteroatoms. The van der Waals surface area contributed by atoms with Crippen molar-refractivity contribution in [2.75, 3.05) is 0 Å². The summed E-state index contributed by atoms with van der Waals surface area (Å²) in [7, 11) is 0. The molecule has 0 aliphatic carbocycles. The molecule has 3 aromatic heterocycles. The molecule has 1 aromatic carbocycles. The largest absolute Gasteiger partial charge is 0.361 e. The van der Waals surface area contributed by atoms with E-state index in [-0.39, 0.29) is 23.7 Å². The highest BCUT2D eigenvalue weighted by molar-refractivity contribution is 7.20. The number of hydrogen-bond acceptors (Lipinski definition) is 5. The van der Waals surface area contributed by atoms with E-state index in [0.29, 0.717) is 4.88 Å². The van der Waals surface area contributed by atoms with Crippen LogP contribution in [0.25, 0.3) is 21.1 Å². The lowest BCUT2D eigenvalue weighted by Gasteiger charge is -2.16. The number of hydrazine groups is 1. The van der Waals surface area contributed by atoms with Gasteiger partial charge in [-0.15, -0.1) is 11.3 Å². The van der Waals surface area contributed by atoms with Crippen LogP contribution in [0.4, 0.5) is 0 Å². The number of amides is 2. The number of nitrogens with one attached hydrogen (secondary N) is 3. The molecule has 0 spiro atoms. The van der Waals surface area contributed by atoms with Gasteiger partial charge in [-0.05, 0) is 31.0 Å². The van der Waals surface area contributed by atoms with Crippen molar-refractivity contribution in [1.29, 1.82) is 0 Å². The van der Waals surface area contributed by atoms with Gasteiger partial charge in [0, 0.05) is 27.9 Å². The molecule has 4 aromatic rings. The summed E-state index contributed by atoms with van der Waals surface area (Å²) < 4.78 is 0. The number of H-pyrrole nitrogens is 1. The van der Waals surface area contributed by atoms with Crippen LogP contribution >= 0.6 is 11.3 Å². The zero-order chi connectivity index (χ0) is 22.3. The normalized spacial score (nSPS) is 11.8. The Morgan fingerprint density at radius 2 is 1.84 bits per heavy atom. The Kier molecular flexibility index (Phi) is 5.26. The Morgan fingerprint density at radius 1 is 1.10 bits per heavy atom. The van der Waals surface area contributed by atoms with E-state index in [2.05, 4.69) is 46.6 Å². The molecule has 2 amide bonds. The monoisotopic (exact) mass is 435 g/mol. The highest BCUT2D eigenvalue weighted by Crippen LogP contribution is 2.33. The zero-order valence-electron chi connectivity index (χ0n) is 18.2. The lowest BCUT2D eigenvalue weighted by atomic mass is 9.95. The van der Waals surface area contributed by atoms with Crippen molar-refractivity contribution in [3.8, 4) is 0 Å². The predicted octanol–water partition coefficient (Wildman–Crippen LogP) is 4.09. The van der Waals surface area contributed by atoms with Crippen LogP contribution < -0.4 is 10.9 Å². The second-order valence-electron chi connectivity index (χ2n) is 8.66. The van der Waals surface area contributed by atoms with Gasteiger partial charge >= 0.3 is 0 Å². The van der Waals surface area contributed by atoms with Crippen LogP contribution in [0.5, 0.6) is 0 Å². The molecule has 3 heterocycles. The summed E-state index contributed by atoms with van der Waals surface area (Å²) >= 11 is 1.32. The van der Waals surface area contributed by atoms with Crippen LogP contribution in [0.1, 0.15) is 53.1 Å². The van der Waals surface area contributed by atoms with E-state index in [0.717, 1.165) is 43.8 Å². The van der Waals surface area contributed by atoms with Gasteiger partial charge in [0.2, 0.25) is 5.91 Å². The number of aromatic amines is 1. The summed E-state index contributed by atoms with van der Waals surface area (Å²) in [5.74, 6) is 0.102. The van der Waals surface area contributed by atoms with Crippen molar-refractivity contribution in [3.05, 3.63) is 58.0 Å². The molecule has 0 aliphatic heterocycles. The summed E-state index contributed by atoms with van der Waals surface area (Å²) in [5.41, 5.74) is 8.40. The van der Waals surface area contributed by atoms with Crippen molar-refractivity contribution in [2.24, 2.45) is 0 Å². The lowest BCUT2D eigenvalue weighted by Crippen LogP contribution is -2.42. The maximum absolute atomic E-state index is 12.8. The fourth-order valence-corrected chi connectivity index (χ4v) is 4.70. The van der Waals surface area contributed by atoms with Crippen LogP contribution in [0.15, 0.2) is 30.5 Å². The number of nitrogens with zero attached hydrogens (tertiary/aromatic N) is 2. The number of benzene rings is 1. The minimum absolute atomic E-state index is 0.162. The van der Waals surface area contributed by atoms with Gasteiger partial charge in [-0.2, -0.15) is 0 Å². The molecule has 0 atom stereocenters. The van der Waals surface area contributed by atoms with Gasteiger partial charge in [0.05, 0.1) is 17.0 Å². The van der Waals surface area contributed by atoms with Gasteiger partial charge in [-0.25, -0.2) is 9.97 Å². The third kappa shape index (κ3) is 4.03. The number of hydrogen-bond donors (Lipinski definition) is 3. The molecule has 0 fully saturated rings. The summed E-state index contributed by atoms with van der Waals surface area (Å²) in [6.07, 6.45) is 1.98. The lowest BCUT2D eigenvalue weighted by molar-refractivity contribution is -0.121. The third-order valence-electron chi connectivity index (χ3n) is 5.19. The van der Waals surface area contributed by atoms with Gasteiger partial charge < -0.3 is 4.98 Å². The molecule has 3 N–H and O–H groups in total. The van der Waals surface area contributed by atoms with E-state index in [4.69, 9.17) is 0 Å². The summed E-state index contributed by atoms with van der Waals surface area (Å²) in [6, 6.07) is 7.79. The number of thiophene rings is 1. The number of carbonyl (C=O) groups is 2. The number of fused-ring (bicyclic) bond motifs is 2. The highest BCUT2D eigenvalue weighted by Gasteiger charge is 2.23. The number of rotatable bonds is 3. The number of aryl methyl sites for hydroxylation is 2. The molecule has 0 bridgehead atoms. The second kappa shape index (κ2) is 7.77. The molecule has 7 nitrogen and oxygen atoms in total. The fourth-order valence-electron chi connectivity index (χ4n) is 3.57. The first kappa shape index (κ1) is 21.0. The number of aromatic nitrogens is 3. The Hall–Kier alpha value is -3.26. The van der Waals surface area contributed by atoms with Crippen LogP contribution in [0, 0.1) is 13.8 Å². The first-order valence-corrected chi connectivity index (χ1v) is 10.9. The summed E-state index contributed by atoms with van der Waals surface area (Å²) in [4.78, 5) is 38.9. The minimum Gasteiger partial charge on any atom is -0.361 e. The Labute approximate surface area is 184 Å². The molecular formula is C23H25N5O2S. The van der Waals surface area contributed by atoms with Gasteiger partial charge in [0.25, 0.3) is 5.91 Å². The number of carbonyl (C=O) groups excluding carboxylic acids is 2. The van der Waals surface area contributed by atoms with Crippen LogP contribution in [-0.4, -0.2) is 26.8 Å². The zero-order valence-corrected chi connectivity index (χ0v) is 19.0. The van der Waals surface area contributed by atoms with Crippen molar-refractivity contribution in [2.45, 2.75) is 46.5 Å². The maximum Gasteiger partial charge on any atom is 0.280 e. The molecule has 0 radical (unpaired) electrons.